The molecule has 0 radical (unpaired) electrons. The number of rotatable bonds is 7. The molecule has 0 saturated carbocycles. The summed E-state index contributed by atoms with van der Waals surface area (Å²) in [4.78, 5) is 27.3. The molecule has 0 aliphatic carbocycles. The number of amides is 3. The van der Waals surface area contributed by atoms with Crippen LogP contribution < -0.4 is 16.1 Å². The van der Waals surface area contributed by atoms with Gasteiger partial charge in [0.05, 0.1) is 13.2 Å². The van der Waals surface area contributed by atoms with Gasteiger partial charge in [-0.05, 0) is 13.8 Å². The first-order valence-electron chi connectivity index (χ1n) is 5.06. The van der Waals surface area contributed by atoms with Crippen molar-refractivity contribution in [1.29, 1.82) is 0 Å². The molecule has 1 atom stereocenters. The highest BCUT2D eigenvalue weighted by Crippen LogP contribution is 1.83. The highest BCUT2D eigenvalue weighted by molar-refractivity contribution is 5.96. The molecule has 0 fully saturated rings. The Morgan fingerprint density at radius 1 is 1.31 bits per heavy atom. The predicted molar refractivity (Wildman–Crippen MR) is 57.6 cm³/mol. The third kappa shape index (κ3) is 7.16. The van der Waals surface area contributed by atoms with Crippen molar-refractivity contribution in [2.24, 2.45) is 0 Å². The summed E-state index contributed by atoms with van der Waals surface area (Å²) in [6.07, 6.45) is 0. The van der Waals surface area contributed by atoms with E-state index in [0.717, 1.165) is 0 Å². The van der Waals surface area contributed by atoms with E-state index in [1.54, 1.807) is 21.0 Å². The molecular weight excluding hydrogens is 214 g/mol. The van der Waals surface area contributed by atoms with Crippen LogP contribution in [0.3, 0.4) is 0 Å². The van der Waals surface area contributed by atoms with Crippen molar-refractivity contribution in [3.8, 4) is 0 Å². The number of ether oxygens (including phenoxy) is 1. The first-order valence-corrected chi connectivity index (χ1v) is 5.06. The first-order chi connectivity index (χ1) is 7.61. The number of hydrogen-bond donors (Lipinski definition) is 3. The highest BCUT2D eigenvalue weighted by atomic mass is 16.7. The maximum atomic E-state index is 11.3. The van der Waals surface area contributed by atoms with Crippen molar-refractivity contribution in [2.45, 2.75) is 19.9 Å². The van der Waals surface area contributed by atoms with Gasteiger partial charge in [0.2, 0.25) is 5.91 Å². The van der Waals surface area contributed by atoms with Gasteiger partial charge in [0.1, 0.15) is 6.04 Å². The Hall–Kier alpha value is -1.18. The summed E-state index contributed by atoms with van der Waals surface area (Å²) in [5.74, 6) is -0.455. The second-order valence-electron chi connectivity index (χ2n) is 3.03. The topological polar surface area (TPSA) is 88.7 Å². The summed E-state index contributed by atoms with van der Waals surface area (Å²) in [7, 11) is 1.55. The lowest BCUT2D eigenvalue weighted by Gasteiger charge is -2.13. The molecular formula is C9H19N3O4. The number of urea groups is 1. The second kappa shape index (κ2) is 9.08. The molecule has 0 rings (SSSR count). The van der Waals surface area contributed by atoms with E-state index >= 15 is 0 Å². The van der Waals surface area contributed by atoms with E-state index in [1.165, 1.54) is 0 Å². The van der Waals surface area contributed by atoms with E-state index in [-0.39, 0.29) is 0 Å². The fourth-order valence-corrected chi connectivity index (χ4v) is 0.787. The van der Waals surface area contributed by atoms with E-state index in [0.29, 0.717) is 19.8 Å². The number of carbonyl (C=O) groups is 2. The maximum absolute atomic E-state index is 11.3. The Labute approximate surface area is 94.8 Å². The summed E-state index contributed by atoms with van der Waals surface area (Å²) in [5, 5.41) is 4.61. The van der Waals surface area contributed by atoms with Crippen LogP contribution in [0.4, 0.5) is 4.79 Å². The van der Waals surface area contributed by atoms with Gasteiger partial charge >= 0.3 is 6.03 Å². The van der Waals surface area contributed by atoms with E-state index in [9.17, 15) is 9.59 Å². The van der Waals surface area contributed by atoms with Crippen LogP contribution in [0.1, 0.15) is 13.8 Å². The fraction of sp³-hybridized carbons (Fsp3) is 0.778. The molecule has 0 saturated heterocycles. The molecule has 7 heteroatoms. The normalized spacial score (nSPS) is 11.9. The standard InChI is InChI=1S/C9H19N3O4/c1-4-10-9(14)11-8(13)7(2)12-16-6-5-15-3/h7,12H,4-6H2,1-3H3,(H2,10,11,13,14). The van der Waals surface area contributed by atoms with Crippen LogP contribution >= 0.6 is 0 Å². The summed E-state index contributed by atoms with van der Waals surface area (Å²) in [6.45, 7) is 4.57. The predicted octanol–water partition coefficient (Wildman–Crippen LogP) is -0.612. The molecule has 0 aromatic heterocycles. The number of methoxy groups -OCH3 is 1. The van der Waals surface area contributed by atoms with E-state index in [4.69, 9.17) is 9.57 Å². The van der Waals surface area contributed by atoms with Crippen LogP contribution in [0.2, 0.25) is 0 Å². The van der Waals surface area contributed by atoms with E-state index in [2.05, 4.69) is 16.1 Å². The number of hydroxylamine groups is 1. The Balaban J connectivity index is 3.68. The zero-order valence-electron chi connectivity index (χ0n) is 9.83. The molecule has 16 heavy (non-hydrogen) atoms. The lowest BCUT2D eigenvalue weighted by molar-refractivity contribution is -0.126. The van der Waals surface area contributed by atoms with Gasteiger partial charge in [-0.1, -0.05) is 0 Å². The zero-order valence-corrected chi connectivity index (χ0v) is 9.83. The molecule has 3 amide bonds. The summed E-state index contributed by atoms with van der Waals surface area (Å²) < 4.78 is 4.75. The lowest BCUT2D eigenvalue weighted by atomic mass is 10.3. The number of imide groups is 1. The van der Waals surface area contributed by atoms with Crippen molar-refractivity contribution < 1.29 is 19.2 Å². The van der Waals surface area contributed by atoms with Gasteiger partial charge in [-0.2, -0.15) is 5.48 Å². The largest absolute Gasteiger partial charge is 0.382 e. The molecule has 0 aliphatic rings. The lowest BCUT2D eigenvalue weighted by Crippen LogP contribution is -2.48. The minimum atomic E-state index is -0.612. The molecule has 0 bridgehead atoms. The van der Waals surface area contributed by atoms with Gasteiger partial charge in [0.15, 0.2) is 0 Å². The molecule has 3 N–H and O–H groups in total. The second-order valence-corrected chi connectivity index (χ2v) is 3.03. The van der Waals surface area contributed by atoms with Crippen molar-refractivity contribution in [2.75, 3.05) is 26.9 Å². The number of nitrogens with one attached hydrogen (secondary N) is 3. The maximum Gasteiger partial charge on any atom is 0.321 e. The molecule has 7 nitrogen and oxygen atoms in total. The quantitative estimate of drug-likeness (QED) is 0.403. The fourth-order valence-electron chi connectivity index (χ4n) is 0.787. The molecule has 0 aromatic carbocycles. The van der Waals surface area contributed by atoms with Crippen molar-refractivity contribution >= 4 is 11.9 Å². The van der Waals surface area contributed by atoms with E-state index in [1.807, 2.05) is 0 Å². The van der Waals surface area contributed by atoms with Crippen LogP contribution in [0.25, 0.3) is 0 Å². The van der Waals surface area contributed by atoms with Gasteiger partial charge in [-0.15, -0.1) is 0 Å². The number of carbonyl (C=O) groups excluding carboxylic acids is 2. The van der Waals surface area contributed by atoms with Gasteiger partial charge in [0.25, 0.3) is 0 Å². The van der Waals surface area contributed by atoms with Crippen LogP contribution in [0.15, 0.2) is 0 Å². The molecule has 0 aromatic rings. The average molecular weight is 233 g/mol. The zero-order chi connectivity index (χ0) is 12.4. The smallest absolute Gasteiger partial charge is 0.321 e. The summed E-state index contributed by atoms with van der Waals surface area (Å²) in [5.41, 5.74) is 2.49. The van der Waals surface area contributed by atoms with Crippen LogP contribution in [-0.4, -0.2) is 44.8 Å². The third-order valence-corrected chi connectivity index (χ3v) is 1.62. The summed E-state index contributed by atoms with van der Waals surface area (Å²) in [6, 6.07) is -1.13. The molecule has 0 aliphatic heterocycles. The monoisotopic (exact) mass is 233 g/mol. The Kier molecular flexibility index (Phi) is 8.41. The molecule has 94 valence electrons. The molecule has 0 spiro atoms. The van der Waals surface area contributed by atoms with Crippen LogP contribution in [0.5, 0.6) is 0 Å². The Morgan fingerprint density at radius 2 is 2.00 bits per heavy atom. The summed E-state index contributed by atoms with van der Waals surface area (Å²) >= 11 is 0. The highest BCUT2D eigenvalue weighted by Gasteiger charge is 2.14. The van der Waals surface area contributed by atoms with Gasteiger partial charge in [-0.3, -0.25) is 14.9 Å². The third-order valence-electron chi connectivity index (χ3n) is 1.62. The minimum Gasteiger partial charge on any atom is -0.382 e. The number of hydrogen-bond acceptors (Lipinski definition) is 5. The van der Waals surface area contributed by atoms with Crippen molar-refractivity contribution in [3.63, 3.8) is 0 Å². The van der Waals surface area contributed by atoms with Crippen molar-refractivity contribution in [3.05, 3.63) is 0 Å². The average Bonchev–Trinajstić information content (AvgIpc) is 2.24. The van der Waals surface area contributed by atoms with E-state index < -0.39 is 18.0 Å². The molecule has 1 unspecified atom stereocenters. The van der Waals surface area contributed by atoms with Crippen molar-refractivity contribution in [1.82, 2.24) is 16.1 Å². The van der Waals surface area contributed by atoms with Gasteiger partial charge in [-0.25, -0.2) is 4.79 Å². The van der Waals surface area contributed by atoms with Crippen LogP contribution in [-0.2, 0) is 14.4 Å². The Bertz CT molecular complexity index is 223. The SMILES string of the molecule is CCNC(=O)NC(=O)C(C)NOCCOC. The minimum absolute atomic E-state index is 0.329. The molecule has 0 heterocycles. The van der Waals surface area contributed by atoms with Gasteiger partial charge in [0, 0.05) is 13.7 Å². The van der Waals surface area contributed by atoms with Crippen LogP contribution in [0, 0.1) is 0 Å². The Morgan fingerprint density at radius 3 is 2.56 bits per heavy atom. The van der Waals surface area contributed by atoms with Gasteiger partial charge < -0.3 is 10.1 Å². The first kappa shape index (κ1) is 14.8.